The Kier molecular flexibility index (Phi) is 15.0. The number of benzene rings is 6. The Labute approximate surface area is 463 Å². The number of ether oxygens (including phenoxy) is 6. The number of hydrogen-bond acceptors (Lipinski definition) is 14. The van der Waals surface area contributed by atoms with E-state index in [1.807, 2.05) is 95.9 Å². The molecule has 0 aliphatic carbocycles. The monoisotopic (exact) mass is 1080 g/mol. The van der Waals surface area contributed by atoms with Crippen LogP contribution in [-0.4, -0.2) is 122 Å². The second kappa shape index (κ2) is 22.6. The SMILES string of the molecule is COC(=O)[C@@H](NC(=O)N1C(=O)[C@@]2(c3cc(C#Cc4ccc(OC)cc4)ccc31)[C@H](C(=O)N1CCN(Cc3ccc4c(c3)OCO4)CC1)[C@H]1C(=O)O[C@H](c3ccccc3)[C@H](c3ccccc3)N1[C@@H]2c1ccc(OCCO)cc1)C(C)C. The summed E-state index contributed by atoms with van der Waals surface area (Å²) in [6, 6.07) is 38.6. The minimum atomic E-state index is -2.10. The van der Waals surface area contributed by atoms with Crippen LogP contribution in [0.5, 0.6) is 23.0 Å². The van der Waals surface area contributed by atoms with Crippen LogP contribution >= 0.6 is 0 Å². The molecular weight excluding hydrogens is 1020 g/mol. The van der Waals surface area contributed by atoms with Gasteiger partial charge in [-0.05, 0) is 100 Å². The summed E-state index contributed by atoms with van der Waals surface area (Å²) in [5, 5.41) is 12.5. The van der Waals surface area contributed by atoms with Crippen molar-refractivity contribution >= 4 is 35.5 Å². The Hall–Kier alpha value is -8.69. The van der Waals surface area contributed by atoms with E-state index in [1.54, 1.807) is 80.5 Å². The molecule has 0 bridgehead atoms. The molecule has 17 nitrogen and oxygen atoms in total. The fourth-order valence-corrected chi connectivity index (χ4v) is 12.1. The minimum Gasteiger partial charge on any atom is -0.497 e. The maximum absolute atomic E-state index is 17.0. The lowest BCUT2D eigenvalue weighted by Gasteiger charge is -2.46. The number of carbonyl (C=O) groups excluding carboxylic acids is 5. The van der Waals surface area contributed by atoms with Gasteiger partial charge in [-0.15, -0.1) is 0 Å². The van der Waals surface area contributed by atoms with Gasteiger partial charge in [0.15, 0.2) is 11.5 Å². The molecule has 4 amide bonds. The van der Waals surface area contributed by atoms with E-state index in [0.29, 0.717) is 64.9 Å². The number of imide groups is 1. The van der Waals surface area contributed by atoms with E-state index in [-0.39, 0.29) is 44.3 Å². The van der Waals surface area contributed by atoms with Gasteiger partial charge in [0.2, 0.25) is 18.6 Å². The first-order valence-corrected chi connectivity index (χ1v) is 26.8. The van der Waals surface area contributed by atoms with Crippen molar-refractivity contribution < 1.29 is 57.5 Å². The molecule has 0 radical (unpaired) electrons. The maximum atomic E-state index is 17.0. The smallest absolute Gasteiger partial charge is 0.329 e. The number of piperazine rings is 1. The molecule has 1 spiro atoms. The zero-order valence-electron chi connectivity index (χ0n) is 44.8. The zero-order chi connectivity index (χ0) is 55.7. The number of amides is 4. The number of hydrogen-bond donors (Lipinski definition) is 2. The normalized spacial score (nSPS) is 22.4. The van der Waals surface area contributed by atoms with Gasteiger partial charge in [-0.2, -0.15) is 0 Å². The fraction of sp³-hybridized carbons (Fsp3) is 0.317. The molecule has 80 heavy (non-hydrogen) atoms. The molecule has 5 aliphatic heterocycles. The highest BCUT2D eigenvalue weighted by Crippen LogP contribution is 2.66. The van der Waals surface area contributed by atoms with Crippen molar-refractivity contribution in [3.63, 3.8) is 0 Å². The summed E-state index contributed by atoms with van der Waals surface area (Å²) in [4.78, 5) is 85.1. The number of morpholine rings is 1. The molecule has 410 valence electrons. The average molecular weight is 1080 g/mol. The van der Waals surface area contributed by atoms with Crippen LogP contribution in [0.15, 0.2) is 146 Å². The molecule has 7 atom stereocenters. The molecule has 6 aromatic rings. The lowest BCUT2D eigenvalue weighted by Crippen LogP contribution is -2.59. The highest BCUT2D eigenvalue weighted by Gasteiger charge is 2.76. The van der Waals surface area contributed by atoms with Gasteiger partial charge in [0.1, 0.15) is 41.7 Å². The topological polar surface area (TPSA) is 186 Å². The van der Waals surface area contributed by atoms with Crippen LogP contribution < -0.4 is 29.2 Å². The summed E-state index contributed by atoms with van der Waals surface area (Å²) in [6.45, 7) is 5.37. The molecule has 6 aromatic carbocycles. The molecule has 0 aromatic heterocycles. The molecule has 2 N–H and O–H groups in total. The number of aliphatic hydroxyl groups is 1. The number of nitrogens with one attached hydrogen (secondary N) is 1. The van der Waals surface area contributed by atoms with Crippen LogP contribution in [0.4, 0.5) is 10.5 Å². The second-order valence-corrected chi connectivity index (χ2v) is 20.7. The van der Waals surface area contributed by atoms with E-state index in [4.69, 9.17) is 28.4 Å². The second-order valence-electron chi connectivity index (χ2n) is 20.7. The molecule has 11 rings (SSSR count). The molecule has 5 heterocycles. The molecule has 3 fully saturated rings. The van der Waals surface area contributed by atoms with Crippen molar-refractivity contribution in [2.45, 2.75) is 56.1 Å². The first-order chi connectivity index (χ1) is 38.9. The first kappa shape index (κ1) is 53.3. The highest BCUT2D eigenvalue weighted by atomic mass is 16.7. The van der Waals surface area contributed by atoms with E-state index in [2.05, 4.69) is 22.1 Å². The van der Waals surface area contributed by atoms with Gasteiger partial charge in [0.25, 0.3) is 0 Å². The number of cyclic esters (lactones) is 1. The number of nitrogens with zero attached hydrogens (tertiary/aromatic N) is 4. The lowest BCUT2D eigenvalue weighted by molar-refractivity contribution is -0.179. The lowest BCUT2D eigenvalue weighted by atomic mass is 9.64. The summed E-state index contributed by atoms with van der Waals surface area (Å²) in [7, 11) is 2.80. The zero-order valence-corrected chi connectivity index (χ0v) is 44.8. The van der Waals surface area contributed by atoms with E-state index in [0.717, 1.165) is 16.0 Å². The molecule has 0 saturated carbocycles. The Morgan fingerprint density at radius 1 is 0.738 bits per heavy atom. The van der Waals surface area contributed by atoms with Gasteiger partial charge in [0.05, 0.1) is 44.5 Å². The third-order valence-corrected chi connectivity index (χ3v) is 15.9. The Balaban J connectivity index is 1.13. The minimum absolute atomic E-state index is 0.0152. The average Bonchev–Trinajstić information content (AvgIpc) is 1.96. The van der Waals surface area contributed by atoms with E-state index in [1.165, 1.54) is 7.11 Å². The quantitative estimate of drug-likeness (QED) is 0.0881. The number of rotatable bonds is 13. The Morgan fingerprint density at radius 2 is 1.40 bits per heavy atom. The number of anilines is 1. The summed E-state index contributed by atoms with van der Waals surface area (Å²) >= 11 is 0. The van der Waals surface area contributed by atoms with Crippen LogP contribution in [0.25, 0.3) is 0 Å². The number of urea groups is 1. The van der Waals surface area contributed by atoms with Crippen molar-refractivity contribution in [1.82, 2.24) is 20.0 Å². The van der Waals surface area contributed by atoms with Crippen molar-refractivity contribution in [3.05, 3.63) is 185 Å². The third-order valence-electron chi connectivity index (χ3n) is 15.9. The predicted octanol–water partition coefficient (Wildman–Crippen LogP) is 7.11. The largest absolute Gasteiger partial charge is 0.497 e. The third kappa shape index (κ3) is 9.73. The van der Waals surface area contributed by atoms with E-state index >= 15 is 19.2 Å². The number of fused-ring (bicyclic) bond motifs is 4. The van der Waals surface area contributed by atoms with Crippen molar-refractivity contribution in [3.8, 4) is 34.8 Å². The van der Waals surface area contributed by atoms with Gasteiger partial charge in [0, 0.05) is 43.9 Å². The number of esters is 2. The summed E-state index contributed by atoms with van der Waals surface area (Å²) in [6.07, 6.45) is -0.952. The maximum Gasteiger partial charge on any atom is 0.329 e. The highest BCUT2D eigenvalue weighted by molar-refractivity contribution is 6.25. The van der Waals surface area contributed by atoms with Gasteiger partial charge in [-0.25, -0.2) is 14.5 Å². The van der Waals surface area contributed by atoms with E-state index < -0.39 is 77.3 Å². The standard InChI is InChI=1S/C63H61N5O12/c1-39(2)53(59(71)76-4)64-62(74)67-49-27-19-41(16-15-40-17-23-46(75-3)24-18-40)35-48(49)63(61(67)73)52(58(70)66-31-29-65(30-32-66)37-42-20-28-50-51(36-42)79-38-78-50)55-60(72)80-56(44-13-9-6-10-14-44)54(43-11-7-5-8-12-43)68(55)57(63)45-21-25-47(26-22-45)77-34-33-69/h5-14,17-28,35-36,39,52-57,69H,29-34,37-38H2,1-4H3,(H,64,74)/t52-,53-,54-,55-,56+,57+,63-/m0/s1. The number of carbonyl (C=O) groups is 5. The van der Waals surface area contributed by atoms with Crippen molar-refractivity contribution in [2.75, 3.05) is 65.3 Å². The number of aliphatic hydroxyl groups excluding tert-OH is 1. The van der Waals surface area contributed by atoms with Crippen LogP contribution in [0.1, 0.15) is 71.0 Å². The van der Waals surface area contributed by atoms with Crippen LogP contribution in [-0.2, 0) is 40.6 Å². The molecule has 0 unspecified atom stereocenters. The molecular formula is C63H61N5O12. The van der Waals surface area contributed by atoms with Crippen molar-refractivity contribution in [2.24, 2.45) is 11.8 Å². The van der Waals surface area contributed by atoms with Crippen LogP contribution in [0.2, 0.25) is 0 Å². The summed E-state index contributed by atoms with van der Waals surface area (Å²) in [5.41, 5.74) is 2.38. The fourth-order valence-electron chi connectivity index (χ4n) is 12.1. The van der Waals surface area contributed by atoms with E-state index in [9.17, 15) is 9.90 Å². The molecule has 5 aliphatic rings. The molecule has 17 heteroatoms. The van der Waals surface area contributed by atoms with Gasteiger partial charge in [-0.1, -0.05) is 105 Å². The van der Waals surface area contributed by atoms with Crippen LogP contribution in [0, 0.1) is 23.7 Å². The summed E-state index contributed by atoms with van der Waals surface area (Å²) < 4.78 is 34.4. The van der Waals surface area contributed by atoms with Gasteiger partial charge >= 0.3 is 18.0 Å². The number of methoxy groups -OCH3 is 2. The summed E-state index contributed by atoms with van der Waals surface area (Å²) in [5.74, 6) is 4.21. The molecule has 3 saturated heterocycles. The van der Waals surface area contributed by atoms with Crippen molar-refractivity contribution in [1.29, 1.82) is 0 Å². The Bertz CT molecular complexity index is 3360. The Morgan fingerprint density at radius 3 is 2.08 bits per heavy atom. The predicted molar refractivity (Wildman–Crippen MR) is 294 cm³/mol. The van der Waals surface area contributed by atoms with Crippen LogP contribution in [0.3, 0.4) is 0 Å². The first-order valence-electron chi connectivity index (χ1n) is 26.8. The van der Waals surface area contributed by atoms with Gasteiger partial charge in [-0.3, -0.25) is 24.2 Å². The van der Waals surface area contributed by atoms with Gasteiger partial charge < -0.3 is 43.7 Å².